The number of hydrogen-bond acceptors (Lipinski definition) is 2. The zero-order chi connectivity index (χ0) is 16.8. The Balaban J connectivity index is 3.37. The summed E-state index contributed by atoms with van der Waals surface area (Å²) in [6.45, 7) is 3.82. The first kappa shape index (κ1) is 21.4. The fourth-order valence-electron chi connectivity index (χ4n) is 2.42. The van der Waals surface area contributed by atoms with E-state index < -0.39 is 6.23 Å². The van der Waals surface area contributed by atoms with Crippen LogP contribution < -0.4 is 10.5 Å². The van der Waals surface area contributed by atoms with Crippen LogP contribution in [0.1, 0.15) is 90.9 Å². The van der Waals surface area contributed by atoms with Gasteiger partial charge >= 0.3 is 0 Å². The first-order valence-corrected chi connectivity index (χ1v) is 9.20. The third-order valence-electron chi connectivity index (χ3n) is 4.33. The highest BCUT2D eigenvalue weighted by Gasteiger charge is 2.18. The SMILES string of the molecule is CCCCCCCCCCCCCC(=O)N[N+](C)(C)C(C)[O-]. The molecule has 22 heavy (non-hydrogen) atoms. The van der Waals surface area contributed by atoms with Crippen LogP contribution in [0.15, 0.2) is 0 Å². The maximum atomic E-state index is 11.8. The minimum absolute atomic E-state index is 0.0105. The Morgan fingerprint density at radius 1 is 0.909 bits per heavy atom. The van der Waals surface area contributed by atoms with Crippen LogP contribution in [0, 0.1) is 0 Å². The molecule has 0 radical (unpaired) electrons. The van der Waals surface area contributed by atoms with Gasteiger partial charge in [0.05, 0.1) is 14.1 Å². The summed E-state index contributed by atoms with van der Waals surface area (Å²) in [5, 5.41) is 11.4. The molecule has 0 saturated carbocycles. The Hall–Kier alpha value is -0.610. The third kappa shape index (κ3) is 12.0. The zero-order valence-corrected chi connectivity index (χ0v) is 15.3. The normalized spacial score (nSPS) is 13.1. The average molecular weight is 315 g/mol. The van der Waals surface area contributed by atoms with Gasteiger partial charge in [-0.05, 0) is 13.3 Å². The quantitative estimate of drug-likeness (QED) is 0.231. The van der Waals surface area contributed by atoms with Crippen LogP contribution in [-0.2, 0) is 4.79 Å². The van der Waals surface area contributed by atoms with E-state index >= 15 is 0 Å². The smallest absolute Gasteiger partial charge is 0.264 e. The number of carbonyl (C=O) groups is 1. The molecule has 0 aliphatic rings. The summed E-state index contributed by atoms with van der Waals surface area (Å²) in [5.74, 6) is -0.0105. The van der Waals surface area contributed by atoms with Gasteiger partial charge < -0.3 is 5.11 Å². The van der Waals surface area contributed by atoms with Crippen molar-refractivity contribution < 1.29 is 14.5 Å². The molecule has 1 amide bonds. The molecule has 0 bridgehead atoms. The second-order valence-corrected chi connectivity index (χ2v) is 6.96. The highest BCUT2D eigenvalue weighted by Crippen LogP contribution is 2.12. The van der Waals surface area contributed by atoms with E-state index in [0.717, 1.165) is 12.8 Å². The van der Waals surface area contributed by atoms with E-state index in [9.17, 15) is 9.90 Å². The predicted octanol–water partition coefficient (Wildman–Crippen LogP) is 3.50. The molecular weight excluding hydrogens is 276 g/mol. The van der Waals surface area contributed by atoms with Gasteiger partial charge in [0.15, 0.2) is 0 Å². The van der Waals surface area contributed by atoms with Crippen molar-refractivity contribution in [2.24, 2.45) is 0 Å². The molecule has 0 heterocycles. The second kappa shape index (κ2) is 12.9. The molecule has 0 aromatic carbocycles. The Morgan fingerprint density at radius 2 is 1.32 bits per heavy atom. The lowest BCUT2D eigenvalue weighted by Crippen LogP contribution is -2.63. The zero-order valence-electron chi connectivity index (χ0n) is 15.3. The molecule has 132 valence electrons. The molecule has 1 unspecified atom stereocenters. The Bertz CT molecular complexity index is 278. The van der Waals surface area contributed by atoms with Gasteiger partial charge in [-0.3, -0.25) is 4.79 Å². The number of hydrogen-bond donors (Lipinski definition) is 1. The van der Waals surface area contributed by atoms with Crippen LogP contribution >= 0.6 is 0 Å². The molecule has 0 aromatic heterocycles. The number of amides is 1. The molecule has 0 aliphatic carbocycles. The first-order chi connectivity index (χ1) is 10.4. The van der Waals surface area contributed by atoms with E-state index in [4.69, 9.17) is 0 Å². The number of nitrogens with one attached hydrogen (secondary N) is 1. The lowest BCUT2D eigenvalue weighted by atomic mass is 10.1. The van der Waals surface area contributed by atoms with E-state index in [1.54, 1.807) is 21.0 Å². The summed E-state index contributed by atoms with van der Waals surface area (Å²) in [7, 11) is 3.46. The first-order valence-electron chi connectivity index (χ1n) is 9.20. The Labute approximate surface area is 137 Å². The van der Waals surface area contributed by atoms with Gasteiger partial charge in [-0.25, -0.2) is 10.0 Å². The highest BCUT2D eigenvalue weighted by atomic mass is 16.3. The minimum Gasteiger partial charge on any atom is -0.805 e. The second-order valence-electron chi connectivity index (χ2n) is 6.96. The van der Waals surface area contributed by atoms with Gasteiger partial charge in [-0.15, -0.1) is 0 Å². The summed E-state index contributed by atoms with van der Waals surface area (Å²) in [6.07, 6.45) is 13.8. The monoisotopic (exact) mass is 314 g/mol. The fourth-order valence-corrected chi connectivity index (χ4v) is 2.42. The van der Waals surface area contributed by atoms with Crippen molar-refractivity contribution in [3.8, 4) is 0 Å². The topological polar surface area (TPSA) is 52.2 Å². The third-order valence-corrected chi connectivity index (χ3v) is 4.33. The van der Waals surface area contributed by atoms with Crippen LogP contribution in [0.3, 0.4) is 0 Å². The Kier molecular flexibility index (Phi) is 12.5. The average Bonchev–Trinajstić information content (AvgIpc) is 2.44. The van der Waals surface area contributed by atoms with Gasteiger partial charge in [0.25, 0.3) is 5.91 Å². The van der Waals surface area contributed by atoms with Crippen molar-refractivity contribution in [3.63, 3.8) is 0 Å². The van der Waals surface area contributed by atoms with E-state index in [1.807, 2.05) is 0 Å². The van der Waals surface area contributed by atoms with Crippen molar-refractivity contribution >= 4 is 5.91 Å². The van der Waals surface area contributed by atoms with Gasteiger partial charge in [-0.2, -0.15) is 0 Å². The number of carbonyl (C=O) groups excluding carboxylic acids is 1. The van der Waals surface area contributed by atoms with Gasteiger partial charge in [0, 0.05) is 12.6 Å². The summed E-state index contributed by atoms with van der Waals surface area (Å²) in [5.41, 5.74) is 2.78. The lowest BCUT2D eigenvalue weighted by molar-refractivity contribution is -1.01. The van der Waals surface area contributed by atoms with Crippen molar-refractivity contribution in [3.05, 3.63) is 0 Å². The maximum absolute atomic E-state index is 11.8. The molecule has 0 rings (SSSR count). The molecule has 1 N–H and O–H groups in total. The summed E-state index contributed by atoms with van der Waals surface area (Å²) in [6, 6.07) is 0. The molecule has 0 aromatic rings. The Morgan fingerprint density at radius 3 is 1.73 bits per heavy atom. The number of quaternary nitrogens is 1. The van der Waals surface area contributed by atoms with E-state index in [-0.39, 0.29) is 10.5 Å². The van der Waals surface area contributed by atoms with Crippen LogP contribution in [0.25, 0.3) is 0 Å². The van der Waals surface area contributed by atoms with Crippen LogP contribution in [-0.4, -0.2) is 30.8 Å². The van der Waals surface area contributed by atoms with Crippen LogP contribution in [0.5, 0.6) is 0 Å². The van der Waals surface area contributed by atoms with E-state index in [0.29, 0.717) is 6.42 Å². The molecule has 1 atom stereocenters. The summed E-state index contributed by atoms with van der Waals surface area (Å²) < 4.78 is 0.0108. The van der Waals surface area contributed by atoms with Gasteiger partial charge in [0.2, 0.25) is 0 Å². The molecule has 0 saturated heterocycles. The maximum Gasteiger partial charge on any atom is 0.264 e. The van der Waals surface area contributed by atoms with Gasteiger partial charge in [-0.1, -0.05) is 71.1 Å². The molecular formula is C18H38N2O2. The van der Waals surface area contributed by atoms with Gasteiger partial charge in [0.1, 0.15) is 0 Å². The van der Waals surface area contributed by atoms with E-state index in [1.165, 1.54) is 57.8 Å². The molecule has 4 nitrogen and oxygen atoms in total. The molecule has 0 fully saturated rings. The van der Waals surface area contributed by atoms with Crippen LogP contribution in [0.2, 0.25) is 0 Å². The fraction of sp³-hybridized carbons (Fsp3) is 0.944. The predicted molar refractivity (Wildman–Crippen MR) is 90.8 cm³/mol. The number of unbranched alkanes of at least 4 members (excludes halogenated alkanes) is 10. The number of nitrogens with zero attached hydrogens (tertiary/aromatic N) is 1. The van der Waals surface area contributed by atoms with Crippen molar-refractivity contribution in [1.82, 2.24) is 5.43 Å². The molecule has 0 aliphatic heterocycles. The van der Waals surface area contributed by atoms with Crippen LogP contribution in [0.4, 0.5) is 0 Å². The molecule has 0 spiro atoms. The summed E-state index contributed by atoms with van der Waals surface area (Å²) in [4.78, 5) is 11.8. The molecule has 4 heteroatoms. The summed E-state index contributed by atoms with van der Waals surface area (Å²) >= 11 is 0. The van der Waals surface area contributed by atoms with Crippen molar-refractivity contribution in [2.75, 3.05) is 14.1 Å². The number of rotatable bonds is 14. The highest BCUT2D eigenvalue weighted by molar-refractivity contribution is 5.74. The standard InChI is InChI=1S/C18H38N2O2/c1-5-6-7-8-9-10-11-12-13-14-15-16-18(22)19-20(3,4)17(2)21/h17H,5-16H2,1-4H3,(H,19,22). The van der Waals surface area contributed by atoms with E-state index in [2.05, 4.69) is 12.3 Å². The van der Waals surface area contributed by atoms with Crippen molar-refractivity contribution in [2.45, 2.75) is 97.1 Å². The largest absolute Gasteiger partial charge is 0.805 e. The van der Waals surface area contributed by atoms with Crippen molar-refractivity contribution in [1.29, 1.82) is 0 Å². The minimum atomic E-state index is -0.846. The lowest BCUT2D eigenvalue weighted by Gasteiger charge is -2.38.